The molecule has 2 heterocycles. The Morgan fingerprint density at radius 1 is 1.27 bits per heavy atom. The van der Waals surface area contributed by atoms with Crippen LogP contribution in [0.3, 0.4) is 0 Å². The zero-order chi connectivity index (χ0) is 17.9. The van der Waals surface area contributed by atoms with Gasteiger partial charge in [0.15, 0.2) is 0 Å². The normalized spacial score (nSPS) is 25.1. The first-order valence-electron chi connectivity index (χ1n) is 8.61. The van der Waals surface area contributed by atoms with Crippen molar-refractivity contribution in [1.29, 1.82) is 0 Å². The first kappa shape index (κ1) is 20.7. The molecule has 146 valence electrons. The Balaban J connectivity index is 0.00000243. The second-order valence-corrected chi connectivity index (χ2v) is 6.59. The number of halogens is 4. The van der Waals surface area contributed by atoms with Crippen molar-refractivity contribution in [1.82, 2.24) is 20.6 Å². The van der Waals surface area contributed by atoms with E-state index in [9.17, 15) is 18.0 Å². The van der Waals surface area contributed by atoms with Crippen LogP contribution < -0.4 is 16.0 Å². The van der Waals surface area contributed by atoms with Gasteiger partial charge in [-0.05, 0) is 31.2 Å². The molecule has 1 aromatic heterocycles. The smallest absolute Gasteiger partial charge is 0.353 e. The number of anilines is 1. The summed E-state index contributed by atoms with van der Waals surface area (Å²) in [4.78, 5) is 19.4. The average Bonchev–Trinajstić information content (AvgIpc) is 3.02. The quantitative estimate of drug-likeness (QED) is 0.669. The summed E-state index contributed by atoms with van der Waals surface area (Å²) in [5, 5.41) is 8.90. The molecule has 0 radical (unpaired) electrons. The number of rotatable bonds is 5. The summed E-state index contributed by atoms with van der Waals surface area (Å²) in [7, 11) is 0. The van der Waals surface area contributed by atoms with Gasteiger partial charge in [0.1, 0.15) is 5.69 Å². The second kappa shape index (κ2) is 8.85. The van der Waals surface area contributed by atoms with Gasteiger partial charge in [0.2, 0.25) is 11.9 Å². The maximum absolute atomic E-state index is 12.6. The van der Waals surface area contributed by atoms with Crippen LogP contribution in [0.15, 0.2) is 12.3 Å². The number of fused-ring (bicyclic) bond motifs is 1. The number of carbonyl (C=O) groups excluding carboxylic acids is 1. The van der Waals surface area contributed by atoms with Crippen LogP contribution in [-0.4, -0.2) is 41.0 Å². The monoisotopic (exact) mass is 393 g/mol. The third kappa shape index (κ3) is 5.20. The minimum absolute atomic E-state index is 0. The number of carbonyl (C=O) groups is 1. The SMILES string of the molecule is Cl.O=C(NCCNc1nccc(C(F)(F)F)n1)C1CC2CCCCC2N1. The highest BCUT2D eigenvalue weighted by molar-refractivity contribution is 5.85. The molecule has 0 spiro atoms. The minimum atomic E-state index is -4.50. The fourth-order valence-electron chi connectivity index (χ4n) is 3.61. The molecule has 1 saturated carbocycles. The van der Waals surface area contributed by atoms with Gasteiger partial charge in [-0.25, -0.2) is 9.97 Å². The molecule has 1 amide bonds. The highest BCUT2D eigenvalue weighted by atomic mass is 35.5. The van der Waals surface area contributed by atoms with Gasteiger partial charge in [-0.2, -0.15) is 13.2 Å². The summed E-state index contributed by atoms with van der Waals surface area (Å²) in [5.74, 6) is 0.427. The molecular formula is C16H23ClF3N5O. The standard InChI is InChI=1S/C16H22F3N5O.ClH/c17-16(18,19)13-5-6-21-15(24-13)22-8-7-20-14(25)12-9-10-3-1-2-4-11(10)23-12;/h5-6,10-12,23H,1-4,7-9H2,(H,20,25)(H,21,22,24);1H. The molecule has 1 aromatic rings. The van der Waals surface area contributed by atoms with Gasteiger partial charge in [0.25, 0.3) is 0 Å². The van der Waals surface area contributed by atoms with Gasteiger partial charge in [0.05, 0.1) is 6.04 Å². The number of nitrogens with zero attached hydrogens (tertiary/aromatic N) is 2. The van der Waals surface area contributed by atoms with Crippen LogP contribution in [0.2, 0.25) is 0 Å². The molecule has 1 saturated heterocycles. The van der Waals surface area contributed by atoms with E-state index in [1.807, 2.05) is 0 Å². The van der Waals surface area contributed by atoms with E-state index in [0.29, 0.717) is 18.5 Å². The van der Waals surface area contributed by atoms with Crippen LogP contribution in [0, 0.1) is 5.92 Å². The largest absolute Gasteiger partial charge is 0.433 e. The molecule has 3 N–H and O–H groups in total. The van der Waals surface area contributed by atoms with E-state index in [-0.39, 0.29) is 36.8 Å². The third-order valence-corrected chi connectivity index (χ3v) is 4.83. The lowest BCUT2D eigenvalue weighted by Gasteiger charge is -2.24. The maximum atomic E-state index is 12.6. The maximum Gasteiger partial charge on any atom is 0.433 e. The van der Waals surface area contributed by atoms with Gasteiger partial charge in [-0.15, -0.1) is 12.4 Å². The van der Waals surface area contributed by atoms with Gasteiger partial charge in [-0.1, -0.05) is 12.8 Å². The first-order chi connectivity index (χ1) is 11.9. The average molecular weight is 394 g/mol. The van der Waals surface area contributed by atoms with Gasteiger partial charge >= 0.3 is 6.18 Å². The Bertz CT molecular complexity index is 602. The van der Waals surface area contributed by atoms with Crippen molar-refractivity contribution in [2.75, 3.05) is 18.4 Å². The lowest BCUT2D eigenvalue weighted by Crippen LogP contribution is -2.44. The van der Waals surface area contributed by atoms with Crippen molar-refractivity contribution in [2.45, 2.75) is 50.4 Å². The van der Waals surface area contributed by atoms with Crippen LogP contribution in [0.1, 0.15) is 37.8 Å². The molecule has 3 rings (SSSR count). The molecule has 26 heavy (non-hydrogen) atoms. The van der Waals surface area contributed by atoms with Gasteiger partial charge in [-0.3, -0.25) is 4.79 Å². The summed E-state index contributed by atoms with van der Waals surface area (Å²) in [6, 6.07) is 1.09. The minimum Gasteiger partial charge on any atom is -0.353 e. The molecular weight excluding hydrogens is 371 g/mol. The van der Waals surface area contributed by atoms with Crippen molar-refractivity contribution in [3.63, 3.8) is 0 Å². The molecule has 0 aromatic carbocycles. The zero-order valence-corrected chi connectivity index (χ0v) is 15.0. The second-order valence-electron chi connectivity index (χ2n) is 6.59. The molecule has 1 aliphatic carbocycles. The number of nitrogens with one attached hydrogen (secondary N) is 3. The summed E-state index contributed by atoms with van der Waals surface area (Å²) < 4.78 is 37.7. The summed E-state index contributed by atoms with van der Waals surface area (Å²) in [6.07, 6.45) is 2.17. The molecule has 2 aliphatic rings. The fourth-order valence-corrected chi connectivity index (χ4v) is 3.61. The molecule has 3 unspecified atom stereocenters. The summed E-state index contributed by atoms with van der Waals surface area (Å²) in [5.41, 5.74) is -0.994. The van der Waals surface area contributed by atoms with Crippen molar-refractivity contribution in [2.24, 2.45) is 5.92 Å². The topological polar surface area (TPSA) is 78.9 Å². The molecule has 0 bridgehead atoms. The Morgan fingerprint density at radius 2 is 2.04 bits per heavy atom. The van der Waals surface area contributed by atoms with E-state index in [1.54, 1.807) is 0 Å². The Labute approximate surface area is 156 Å². The van der Waals surface area contributed by atoms with E-state index >= 15 is 0 Å². The first-order valence-corrected chi connectivity index (χ1v) is 8.61. The lowest BCUT2D eigenvalue weighted by molar-refractivity contribution is -0.141. The Kier molecular flexibility index (Phi) is 7.05. The summed E-state index contributed by atoms with van der Waals surface area (Å²) >= 11 is 0. The number of hydrogen-bond donors (Lipinski definition) is 3. The number of aromatic nitrogens is 2. The summed E-state index contributed by atoms with van der Waals surface area (Å²) in [6.45, 7) is 0.554. The molecule has 10 heteroatoms. The van der Waals surface area contributed by atoms with Crippen LogP contribution in [0.25, 0.3) is 0 Å². The van der Waals surface area contributed by atoms with E-state index in [0.717, 1.165) is 25.1 Å². The van der Waals surface area contributed by atoms with Crippen molar-refractivity contribution in [3.8, 4) is 0 Å². The fraction of sp³-hybridized carbons (Fsp3) is 0.688. The number of alkyl halides is 3. The van der Waals surface area contributed by atoms with Crippen LogP contribution in [-0.2, 0) is 11.0 Å². The van der Waals surface area contributed by atoms with Crippen molar-refractivity contribution < 1.29 is 18.0 Å². The van der Waals surface area contributed by atoms with Gasteiger partial charge < -0.3 is 16.0 Å². The lowest BCUT2D eigenvalue weighted by atomic mass is 9.85. The molecule has 6 nitrogen and oxygen atoms in total. The van der Waals surface area contributed by atoms with Crippen molar-refractivity contribution >= 4 is 24.3 Å². The highest BCUT2D eigenvalue weighted by Crippen LogP contribution is 2.33. The third-order valence-electron chi connectivity index (χ3n) is 4.83. The van der Waals surface area contributed by atoms with Crippen molar-refractivity contribution in [3.05, 3.63) is 18.0 Å². The number of hydrogen-bond acceptors (Lipinski definition) is 5. The van der Waals surface area contributed by atoms with Crippen LogP contribution in [0.4, 0.5) is 19.1 Å². The number of amides is 1. The van der Waals surface area contributed by atoms with E-state index in [2.05, 4.69) is 25.9 Å². The molecule has 1 aliphatic heterocycles. The van der Waals surface area contributed by atoms with E-state index < -0.39 is 11.9 Å². The zero-order valence-electron chi connectivity index (χ0n) is 14.2. The van der Waals surface area contributed by atoms with E-state index in [4.69, 9.17) is 0 Å². The van der Waals surface area contributed by atoms with Gasteiger partial charge in [0, 0.05) is 25.3 Å². The Morgan fingerprint density at radius 3 is 2.77 bits per heavy atom. The molecule has 2 fully saturated rings. The van der Waals surface area contributed by atoms with E-state index in [1.165, 1.54) is 19.3 Å². The van der Waals surface area contributed by atoms with Crippen LogP contribution >= 0.6 is 12.4 Å². The molecule has 3 atom stereocenters. The highest BCUT2D eigenvalue weighted by Gasteiger charge is 2.38. The Hall–Kier alpha value is -1.61. The predicted octanol–water partition coefficient (Wildman–Crippen LogP) is 2.37. The van der Waals surface area contributed by atoms with Crippen LogP contribution in [0.5, 0.6) is 0 Å². The predicted molar refractivity (Wildman–Crippen MR) is 93.1 cm³/mol.